The van der Waals surface area contributed by atoms with Crippen molar-refractivity contribution in [3.63, 3.8) is 0 Å². The number of aromatic nitrogens is 2. The van der Waals surface area contributed by atoms with E-state index in [0.29, 0.717) is 6.54 Å². The molecule has 0 spiro atoms. The molecule has 7 nitrogen and oxygen atoms in total. The van der Waals surface area contributed by atoms with Gasteiger partial charge in [0.1, 0.15) is 17.6 Å². The summed E-state index contributed by atoms with van der Waals surface area (Å²) in [6.07, 6.45) is 3.67. The average Bonchev–Trinajstić information content (AvgIpc) is 3.13. The van der Waals surface area contributed by atoms with E-state index in [-0.39, 0.29) is 6.10 Å². The lowest BCUT2D eigenvalue weighted by Gasteiger charge is -2.15. The third-order valence-electron chi connectivity index (χ3n) is 3.42. The van der Waals surface area contributed by atoms with E-state index in [0.717, 1.165) is 37.1 Å². The van der Waals surface area contributed by atoms with Gasteiger partial charge in [0.05, 0.1) is 20.2 Å². The second kappa shape index (κ2) is 10.2. The van der Waals surface area contributed by atoms with Crippen LogP contribution in [0.2, 0.25) is 0 Å². The highest BCUT2D eigenvalue weighted by molar-refractivity contribution is 5.79. The van der Waals surface area contributed by atoms with Gasteiger partial charge in [0.25, 0.3) is 0 Å². The second-order valence-electron chi connectivity index (χ2n) is 5.52. The van der Waals surface area contributed by atoms with Crippen molar-refractivity contribution in [2.75, 3.05) is 26.7 Å². The zero-order valence-corrected chi connectivity index (χ0v) is 15.1. The van der Waals surface area contributed by atoms with Crippen LogP contribution in [0.25, 0.3) is 0 Å². The summed E-state index contributed by atoms with van der Waals surface area (Å²) >= 11 is 0. The Balaban J connectivity index is 1.81. The van der Waals surface area contributed by atoms with Crippen LogP contribution in [0.1, 0.15) is 13.8 Å². The molecule has 1 heterocycles. The molecule has 7 heteroatoms. The van der Waals surface area contributed by atoms with Gasteiger partial charge in [-0.2, -0.15) is 5.10 Å². The SMILES string of the molecule is CCNC(=NCC(C)Oc1cccc(OC)c1)NCCn1cccn1. The molecule has 1 unspecified atom stereocenters. The minimum atomic E-state index is -0.0475. The topological polar surface area (TPSA) is 72.7 Å². The summed E-state index contributed by atoms with van der Waals surface area (Å²) in [5.74, 6) is 2.33. The van der Waals surface area contributed by atoms with Crippen LogP contribution in [0.4, 0.5) is 0 Å². The van der Waals surface area contributed by atoms with E-state index in [1.54, 1.807) is 13.3 Å². The molecule has 0 fully saturated rings. The summed E-state index contributed by atoms with van der Waals surface area (Å²) in [4.78, 5) is 4.58. The van der Waals surface area contributed by atoms with Crippen molar-refractivity contribution < 1.29 is 9.47 Å². The Morgan fingerprint density at radius 2 is 2.12 bits per heavy atom. The van der Waals surface area contributed by atoms with Crippen molar-refractivity contribution in [2.24, 2.45) is 4.99 Å². The summed E-state index contributed by atoms with van der Waals surface area (Å²) in [7, 11) is 1.64. The molecule has 0 saturated heterocycles. The highest BCUT2D eigenvalue weighted by Crippen LogP contribution is 2.19. The Morgan fingerprint density at radius 3 is 2.84 bits per heavy atom. The normalized spacial score (nSPS) is 12.5. The van der Waals surface area contributed by atoms with Crippen LogP contribution >= 0.6 is 0 Å². The minimum Gasteiger partial charge on any atom is -0.497 e. The van der Waals surface area contributed by atoms with Gasteiger partial charge in [0.2, 0.25) is 0 Å². The molecule has 0 aliphatic heterocycles. The van der Waals surface area contributed by atoms with Crippen LogP contribution in [0, 0.1) is 0 Å². The first-order chi connectivity index (χ1) is 12.2. The summed E-state index contributed by atoms with van der Waals surface area (Å²) in [6, 6.07) is 9.49. The van der Waals surface area contributed by atoms with Crippen molar-refractivity contribution in [1.82, 2.24) is 20.4 Å². The Kier molecular flexibility index (Phi) is 7.62. The maximum Gasteiger partial charge on any atom is 0.191 e. The van der Waals surface area contributed by atoms with Crippen molar-refractivity contribution in [3.8, 4) is 11.5 Å². The van der Waals surface area contributed by atoms with Gasteiger partial charge in [0.15, 0.2) is 5.96 Å². The molecule has 1 aromatic carbocycles. The lowest BCUT2D eigenvalue weighted by Crippen LogP contribution is -2.39. The largest absolute Gasteiger partial charge is 0.497 e. The summed E-state index contributed by atoms with van der Waals surface area (Å²) in [6.45, 7) is 6.93. The molecular formula is C18H27N5O2. The number of methoxy groups -OCH3 is 1. The smallest absolute Gasteiger partial charge is 0.191 e. The maximum absolute atomic E-state index is 5.89. The van der Waals surface area contributed by atoms with E-state index in [1.807, 2.05) is 55.1 Å². The number of ether oxygens (including phenoxy) is 2. The molecule has 0 amide bonds. The third kappa shape index (κ3) is 6.74. The Morgan fingerprint density at radius 1 is 1.28 bits per heavy atom. The molecule has 2 N–H and O–H groups in total. The lowest BCUT2D eigenvalue weighted by atomic mass is 10.3. The number of aliphatic imine (C=N–C) groups is 1. The summed E-state index contributed by atoms with van der Waals surface area (Å²) in [5, 5.41) is 10.7. The number of benzene rings is 1. The number of rotatable bonds is 9. The molecule has 2 aromatic rings. The predicted molar refractivity (Wildman–Crippen MR) is 99.3 cm³/mol. The van der Waals surface area contributed by atoms with Crippen molar-refractivity contribution in [1.29, 1.82) is 0 Å². The van der Waals surface area contributed by atoms with Gasteiger partial charge in [-0.1, -0.05) is 6.07 Å². The van der Waals surface area contributed by atoms with Crippen molar-refractivity contribution >= 4 is 5.96 Å². The Bertz CT molecular complexity index is 643. The van der Waals surface area contributed by atoms with Gasteiger partial charge in [-0.05, 0) is 32.0 Å². The number of nitrogens with one attached hydrogen (secondary N) is 2. The monoisotopic (exact) mass is 345 g/mol. The van der Waals surface area contributed by atoms with Crippen LogP contribution < -0.4 is 20.1 Å². The Labute approximate surface area is 149 Å². The molecule has 0 aliphatic rings. The van der Waals surface area contributed by atoms with Crippen LogP contribution in [-0.4, -0.2) is 48.6 Å². The molecule has 1 atom stereocenters. The van der Waals surface area contributed by atoms with Gasteiger partial charge in [0, 0.05) is 31.5 Å². The molecule has 2 rings (SSSR count). The number of hydrogen-bond donors (Lipinski definition) is 2. The maximum atomic E-state index is 5.89. The van der Waals surface area contributed by atoms with Crippen LogP contribution in [0.15, 0.2) is 47.7 Å². The van der Waals surface area contributed by atoms with Crippen molar-refractivity contribution in [3.05, 3.63) is 42.7 Å². The van der Waals surface area contributed by atoms with E-state index in [1.165, 1.54) is 0 Å². The second-order valence-corrected chi connectivity index (χ2v) is 5.52. The van der Waals surface area contributed by atoms with Gasteiger partial charge < -0.3 is 20.1 Å². The van der Waals surface area contributed by atoms with E-state index < -0.39 is 0 Å². The summed E-state index contributed by atoms with van der Waals surface area (Å²) < 4.78 is 13.0. The highest BCUT2D eigenvalue weighted by atomic mass is 16.5. The fourth-order valence-electron chi connectivity index (χ4n) is 2.23. The van der Waals surface area contributed by atoms with Crippen LogP contribution in [0.5, 0.6) is 11.5 Å². The number of hydrogen-bond acceptors (Lipinski definition) is 4. The quantitative estimate of drug-likeness (QED) is 0.537. The lowest BCUT2D eigenvalue weighted by molar-refractivity contribution is 0.229. The first kappa shape index (κ1) is 18.6. The number of nitrogens with zero attached hydrogens (tertiary/aromatic N) is 3. The van der Waals surface area contributed by atoms with E-state index in [4.69, 9.17) is 9.47 Å². The molecule has 0 saturated carbocycles. The first-order valence-electron chi connectivity index (χ1n) is 8.51. The van der Waals surface area contributed by atoms with Gasteiger partial charge >= 0.3 is 0 Å². The fourth-order valence-corrected chi connectivity index (χ4v) is 2.23. The standard InChI is InChI=1S/C18H27N5O2/c1-4-19-18(20-10-12-23-11-6-9-22-23)21-14-15(2)25-17-8-5-7-16(13-17)24-3/h5-9,11,13,15H,4,10,12,14H2,1-3H3,(H2,19,20,21). The molecule has 0 bridgehead atoms. The van der Waals surface area contributed by atoms with Crippen LogP contribution in [0.3, 0.4) is 0 Å². The van der Waals surface area contributed by atoms with Gasteiger partial charge in [-0.15, -0.1) is 0 Å². The van der Waals surface area contributed by atoms with Crippen LogP contribution in [-0.2, 0) is 6.54 Å². The Hall–Kier alpha value is -2.70. The zero-order valence-electron chi connectivity index (χ0n) is 15.1. The molecule has 136 valence electrons. The van der Waals surface area contributed by atoms with E-state index in [2.05, 4.69) is 20.7 Å². The zero-order chi connectivity index (χ0) is 17.9. The minimum absolute atomic E-state index is 0.0475. The highest BCUT2D eigenvalue weighted by Gasteiger charge is 2.05. The molecule has 0 radical (unpaired) electrons. The average molecular weight is 345 g/mol. The fraction of sp³-hybridized carbons (Fsp3) is 0.444. The molecule has 1 aromatic heterocycles. The summed E-state index contributed by atoms with van der Waals surface area (Å²) in [5.41, 5.74) is 0. The molecule has 25 heavy (non-hydrogen) atoms. The van der Waals surface area contributed by atoms with Gasteiger partial charge in [-0.25, -0.2) is 4.99 Å². The molecular weight excluding hydrogens is 318 g/mol. The van der Waals surface area contributed by atoms with Gasteiger partial charge in [-0.3, -0.25) is 4.68 Å². The first-order valence-corrected chi connectivity index (χ1v) is 8.51. The number of guanidine groups is 1. The van der Waals surface area contributed by atoms with Crippen molar-refractivity contribution in [2.45, 2.75) is 26.5 Å². The predicted octanol–water partition coefficient (Wildman–Crippen LogP) is 1.91. The molecule has 0 aliphatic carbocycles. The third-order valence-corrected chi connectivity index (χ3v) is 3.42. The van der Waals surface area contributed by atoms with E-state index in [9.17, 15) is 0 Å². The van der Waals surface area contributed by atoms with E-state index >= 15 is 0 Å².